The predicted molar refractivity (Wildman–Crippen MR) is 78.4 cm³/mol. The van der Waals surface area contributed by atoms with Gasteiger partial charge in [-0.2, -0.15) is 0 Å². The molecule has 0 spiro atoms. The number of carbonyl (C=O) groups is 1. The van der Waals surface area contributed by atoms with Crippen LogP contribution in [0.15, 0.2) is 0 Å². The van der Waals surface area contributed by atoms with E-state index in [2.05, 4.69) is 34.6 Å². The molecule has 0 aromatic heterocycles. The van der Waals surface area contributed by atoms with Gasteiger partial charge < -0.3 is 5.73 Å². The highest BCUT2D eigenvalue weighted by Crippen LogP contribution is 2.21. The Labute approximate surface area is 113 Å². The summed E-state index contributed by atoms with van der Waals surface area (Å²) in [7, 11) is 0. The minimum Gasteiger partial charge on any atom is -0.319 e. The summed E-state index contributed by atoms with van der Waals surface area (Å²) in [4.78, 5) is 11.9. The summed E-state index contributed by atoms with van der Waals surface area (Å²) < 4.78 is 0.424. The molecule has 2 amide bonds. The molecule has 0 atom stereocenters. The first-order valence-electron chi connectivity index (χ1n) is 7.57. The number of quaternary nitrogens is 1. The molecular weight excluding hydrogens is 224 g/mol. The Morgan fingerprint density at radius 1 is 0.944 bits per heavy atom. The third-order valence-corrected chi connectivity index (χ3v) is 4.13. The molecule has 3 heteroatoms. The zero-order valence-electron chi connectivity index (χ0n) is 13.0. The standard InChI is InChI=1S/C15H32N2O/c1-6-7-8-9-10-11-12-17(13(2)3,14(4)5)15(16)18/h13-14H,6-12H2,1-5H3,(H-,16,18)/p+1. The monoisotopic (exact) mass is 257 g/mol. The molecule has 0 unspecified atom stereocenters. The van der Waals surface area contributed by atoms with Crippen LogP contribution in [0.4, 0.5) is 4.79 Å². The van der Waals surface area contributed by atoms with E-state index in [-0.39, 0.29) is 18.1 Å². The van der Waals surface area contributed by atoms with Crippen molar-refractivity contribution in [3.63, 3.8) is 0 Å². The Bertz CT molecular complexity index is 229. The SMILES string of the molecule is CCCCCCCC[N+](C(N)=O)(C(C)C)C(C)C. The number of hydrogen-bond donors (Lipinski definition) is 1. The molecule has 0 heterocycles. The Morgan fingerprint density at radius 3 is 1.78 bits per heavy atom. The fourth-order valence-corrected chi connectivity index (χ4v) is 2.89. The van der Waals surface area contributed by atoms with Crippen LogP contribution >= 0.6 is 0 Å². The molecule has 0 aliphatic heterocycles. The second kappa shape index (κ2) is 8.52. The van der Waals surface area contributed by atoms with E-state index in [1.54, 1.807) is 0 Å². The second-order valence-corrected chi connectivity index (χ2v) is 5.95. The summed E-state index contributed by atoms with van der Waals surface area (Å²) in [6.07, 6.45) is 7.51. The van der Waals surface area contributed by atoms with Gasteiger partial charge in [-0.3, -0.25) is 0 Å². The molecule has 18 heavy (non-hydrogen) atoms. The molecule has 0 aliphatic carbocycles. The van der Waals surface area contributed by atoms with Gasteiger partial charge in [-0.15, -0.1) is 0 Å². The van der Waals surface area contributed by atoms with Crippen molar-refractivity contribution in [1.29, 1.82) is 0 Å². The van der Waals surface area contributed by atoms with E-state index in [1.807, 2.05) is 0 Å². The molecule has 0 fully saturated rings. The van der Waals surface area contributed by atoms with Gasteiger partial charge in [0, 0.05) is 0 Å². The van der Waals surface area contributed by atoms with Crippen molar-refractivity contribution in [1.82, 2.24) is 0 Å². The van der Waals surface area contributed by atoms with E-state index in [1.165, 1.54) is 32.1 Å². The highest BCUT2D eigenvalue weighted by molar-refractivity contribution is 5.64. The molecule has 0 radical (unpaired) electrons. The van der Waals surface area contributed by atoms with Crippen LogP contribution in [0, 0.1) is 0 Å². The third kappa shape index (κ3) is 4.60. The topological polar surface area (TPSA) is 43.1 Å². The minimum absolute atomic E-state index is 0.173. The lowest BCUT2D eigenvalue weighted by Crippen LogP contribution is -2.64. The van der Waals surface area contributed by atoms with Gasteiger partial charge in [0.2, 0.25) is 0 Å². The van der Waals surface area contributed by atoms with E-state index < -0.39 is 0 Å². The van der Waals surface area contributed by atoms with Gasteiger partial charge in [0.05, 0.1) is 18.6 Å². The average Bonchev–Trinajstić information content (AvgIpc) is 2.26. The number of urea groups is 1. The summed E-state index contributed by atoms with van der Waals surface area (Å²) in [5, 5.41) is 0. The van der Waals surface area contributed by atoms with Crippen molar-refractivity contribution in [2.24, 2.45) is 5.73 Å². The molecule has 3 nitrogen and oxygen atoms in total. The summed E-state index contributed by atoms with van der Waals surface area (Å²) in [6.45, 7) is 11.5. The Kier molecular flexibility index (Phi) is 8.25. The van der Waals surface area contributed by atoms with Crippen LogP contribution in [-0.4, -0.2) is 29.1 Å². The third-order valence-electron chi connectivity index (χ3n) is 4.13. The maximum absolute atomic E-state index is 11.9. The van der Waals surface area contributed by atoms with Crippen LogP contribution in [0.2, 0.25) is 0 Å². The quantitative estimate of drug-likeness (QED) is 0.491. The van der Waals surface area contributed by atoms with Gasteiger partial charge in [-0.05, 0) is 40.5 Å². The summed E-state index contributed by atoms with van der Waals surface area (Å²) in [5.41, 5.74) is 5.67. The van der Waals surface area contributed by atoms with E-state index in [0.717, 1.165) is 13.0 Å². The van der Waals surface area contributed by atoms with Crippen molar-refractivity contribution < 1.29 is 9.28 Å². The Hall–Kier alpha value is -0.570. The lowest BCUT2D eigenvalue weighted by atomic mass is 10.1. The Balaban J connectivity index is 4.30. The smallest absolute Gasteiger partial charge is 0.319 e. The zero-order valence-corrected chi connectivity index (χ0v) is 13.0. The molecule has 0 aliphatic rings. The fourth-order valence-electron chi connectivity index (χ4n) is 2.89. The minimum atomic E-state index is -0.173. The fraction of sp³-hybridized carbons (Fsp3) is 0.933. The first-order valence-corrected chi connectivity index (χ1v) is 7.57. The van der Waals surface area contributed by atoms with Crippen molar-refractivity contribution in [3.8, 4) is 0 Å². The maximum Gasteiger partial charge on any atom is 0.414 e. The summed E-state index contributed by atoms with van der Waals surface area (Å²) >= 11 is 0. The first kappa shape index (κ1) is 17.4. The summed E-state index contributed by atoms with van der Waals surface area (Å²) in [5.74, 6) is 0. The van der Waals surface area contributed by atoms with Crippen molar-refractivity contribution in [3.05, 3.63) is 0 Å². The van der Waals surface area contributed by atoms with Gasteiger partial charge in [-0.1, -0.05) is 32.6 Å². The lowest BCUT2D eigenvalue weighted by molar-refractivity contribution is -0.891. The Morgan fingerprint density at radius 2 is 1.39 bits per heavy atom. The highest BCUT2D eigenvalue weighted by Gasteiger charge is 2.40. The van der Waals surface area contributed by atoms with Gasteiger partial charge in [-0.25, -0.2) is 9.28 Å². The highest BCUT2D eigenvalue weighted by atomic mass is 16.2. The van der Waals surface area contributed by atoms with Crippen LogP contribution in [0.3, 0.4) is 0 Å². The van der Waals surface area contributed by atoms with Gasteiger partial charge in [0.1, 0.15) is 0 Å². The molecule has 0 aromatic carbocycles. The van der Waals surface area contributed by atoms with E-state index in [9.17, 15) is 4.79 Å². The number of nitrogens with zero attached hydrogens (tertiary/aromatic N) is 1. The van der Waals surface area contributed by atoms with Crippen molar-refractivity contribution >= 4 is 6.03 Å². The first-order chi connectivity index (χ1) is 8.39. The molecule has 0 rings (SSSR count). The van der Waals surface area contributed by atoms with E-state index in [4.69, 9.17) is 5.73 Å². The van der Waals surface area contributed by atoms with Crippen LogP contribution in [-0.2, 0) is 0 Å². The van der Waals surface area contributed by atoms with Crippen molar-refractivity contribution in [2.75, 3.05) is 6.54 Å². The van der Waals surface area contributed by atoms with Crippen LogP contribution in [0.1, 0.15) is 73.1 Å². The molecule has 0 saturated carbocycles. The second-order valence-electron chi connectivity index (χ2n) is 5.95. The normalized spacial score (nSPS) is 12.4. The number of nitrogens with two attached hydrogens (primary N) is 1. The van der Waals surface area contributed by atoms with Gasteiger partial charge >= 0.3 is 6.03 Å². The molecule has 108 valence electrons. The number of unbranched alkanes of at least 4 members (excludes halogenated alkanes) is 5. The van der Waals surface area contributed by atoms with Gasteiger partial charge in [0.25, 0.3) is 0 Å². The number of hydrogen-bond acceptors (Lipinski definition) is 1. The molecular formula is C15H33N2O+. The van der Waals surface area contributed by atoms with Crippen LogP contribution < -0.4 is 5.73 Å². The van der Waals surface area contributed by atoms with Crippen LogP contribution in [0.25, 0.3) is 0 Å². The largest absolute Gasteiger partial charge is 0.414 e. The zero-order chi connectivity index (χ0) is 14.2. The van der Waals surface area contributed by atoms with Crippen molar-refractivity contribution in [2.45, 2.75) is 85.2 Å². The van der Waals surface area contributed by atoms with E-state index in [0.29, 0.717) is 4.48 Å². The number of rotatable bonds is 9. The molecule has 0 bridgehead atoms. The van der Waals surface area contributed by atoms with Gasteiger partial charge in [0.15, 0.2) is 0 Å². The molecule has 0 saturated heterocycles. The predicted octanol–water partition coefficient (Wildman–Crippen LogP) is 4.06. The average molecular weight is 257 g/mol. The molecule has 2 N–H and O–H groups in total. The lowest BCUT2D eigenvalue weighted by Gasteiger charge is -2.41. The number of primary amides is 1. The van der Waals surface area contributed by atoms with Crippen LogP contribution in [0.5, 0.6) is 0 Å². The van der Waals surface area contributed by atoms with E-state index >= 15 is 0 Å². The maximum atomic E-state index is 11.9. The molecule has 0 aromatic rings. The number of carbonyl (C=O) groups excluding carboxylic acids is 1. The number of amides is 2. The summed E-state index contributed by atoms with van der Waals surface area (Å²) in [6, 6.07) is 0.352.